The van der Waals surface area contributed by atoms with Crippen molar-refractivity contribution >= 4 is 17.7 Å². The number of aryl methyl sites for hydroxylation is 1. The van der Waals surface area contributed by atoms with Crippen LogP contribution in [-0.2, 0) is 17.7 Å². The van der Waals surface area contributed by atoms with E-state index in [0.29, 0.717) is 12.3 Å². The third-order valence-corrected chi connectivity index (χ3v) is 3.32. The van der Waals surface area contributed by atoms with Gasteiger partial charge in [-0.1, -0.05) is 25.5 Å². The van der Waals surface area contributed by atoms with E-state index in [1.165, 1.54) is 0 Å². The van der Waals surface area contributed by atoms with Gasteiger partial charge in [0.1, 0.15) is 0 Å². The summed E-state index contributed by atoms with van der Waals surface area (Å²) in [7, 11) is 0. The van der Waals surface area contributed by atoms with Gasteiger partial charge in [-0.2, -0.15) is 11.8 Å². The third-order valence-electron chi connectivity index (χ3n) is 2.44. The number of carbonyl (C=O) groups excluding carboxylic acids is 1. The molecule has 0 fully saturated rings. The Hall–Kier alpha value is -1.04. The second-order valence-electron chi connectivity index (χ2n) is 3.78. The topological polar surface area (TPSA) is 57.0 Å². The molecular formula is C12H21N3O2S. The van der Waals surface area contributed by atoms with Crippen LogP contribution < -0.4 is 0 Å². The quantitative estimate of drug-likeness (QED) is 0.535. The highest BCUT2D eigenvalue weighted by Gasteiger charge is 2.19. The van der Waals surface area contributed by atoms with Gasteiger partial charge in [-0.05, 0) is 19.1 Å². The molecule has 6 heteroatoms. The van der Waals surface area contributed by atoms with Crippen LogP contribution in [0.25, 0.3) is 0 Å². The van der Waals surface area contributed by atoms with Crippen molar-refractivity contribution in [2.45, 2.75) is 40.2 Å². The molecule has 0 unspecified atom stereocenters. The lowest BCUT2D eigenvalue weighted by atomic mass is 10.2. The summed E-state index contributed by atoms with van der Waals surface area (Å²) in [5.41, 5.74) is 1.27. The first-order chi connectivity index (χ1) is 8.74. The van der Waals surface area contributed by atoms with Crippen LogP contribution in [0.15, 0.2) is 0 Å². The van der Waals surface area contributed by atoms with E-state index in [0.717, 1.165) is 36.6 Å². The summed E-state index contributed by atoms with van der Waals surface area (Å²) in [5.74, 6) is 1.71. The zero-order valence-electron chi connectivity index (χ0n) is 11.3. The van der Waals surface area contributed by atoms with Crippen molar-refractivity contribution < 1.29 is 9.53 Å². The number of rotatable bonds is 8. The molecule has 0 saturated heterocycles. The largest absolute Gasteiger partial charge is 0.461 e. The minimum absolute atomic E-state index is 0.364. The maximum absolute atomic E-state index is 11.7. The molecule has 1 aromatic rings. The van der Waals surface area contributed by atoms with Gasteiger partial charge >= 0.3 is 5.97 Å². The molecule has 0 saturated carbocycles. The summed E-state index contributed by atoms with van der Waals surface area (Å²) in [6, 6.07) is 0. The molecule has 0 N–H and O–H groups in total. The molecule has 0 aliphatic rings. The molecule has 1 rings (SSSR count). The maximum atomic E-state index is 11.7. The average Bonchev–Trinajstić information content (AvgIpc) is 2.74. The Kier molecular flexibility index (Phi) is 6.78. The minimum Gasteiger partial charge on any atom is -0.461 e. The molecule has 1 aromatic heterocycles. The Morgan fingerprint density at radius 1 is 1.39 bits per heavy atom. The Bertz CT molecular complexity index is 379. The number of carbonyl (C=O) groups is 1. The molecule has 5 nitrogen and oxygen atoms in total. The summed E-state index contributed by atoms with van der Waals surface area (Å²) in [4.78, 5) is 11.7. The van der Waals surface area contributed by atoms with Gasteiger partial charge < -0.3 is 4.74 Å². The summed E-state index contributed by atoms with van der Waals surface area (Å²) in [6.45, 7) is 7.15. The molecular weight excluding hydrogens is 250 g/mol. The first-order valence-corrected chi connectivity index (χ1v) is 7.57. The fourth-order valence-corrected chi connectivity index (χ4v) is 2.24. The fourth-order valence-electron chi connectivity index (χ4n) is 1.65. The molecule has 0 bridgehead atoms. The fraction of sp³-hybridized carbons (Fsp3) is 0.750. The lowest BCUT2D eigenvalue weighted by molar-refractivity contribution is 0.0518. The van der Waals surface area contributed by atoms with E-state index in [2.05, 4.69) is 24.2 Å². The third kappa shape index (κ3) is 4.01. The highest BCUT2D eigenvalue weighted by Crippen LogP contribution is 2.11. The van der Waals surface area contributed by atoms with Crippen LogP contribution >= 0.6 is 11.8 Å². The molecule has 0 aliphatic carbocycles. The molecule has 102 valence electrons. The zero-order chi connectivity index (χ0) is 13.4. The van der Waals surface area contributed by atoms with Crippen LogP contribution in [0.4, 0.5) is 0 Å². The van der Waals surface area contributed by atoms with E-state index in [1.54, 1.807) is 6.92 Å². The van der Waals surface area contributed by atoms with Gasteiger partial charge in [0.2, 0.25) is 0 Å². The highest BCUT2D eigenvalue weighted by atomic mass is 32.2. The second-order valence-corrected chi connectivity index (χ2v) is 5.17. The van der Waals surface area contributed by atoms with Crippen LogP contribution in [0.1, 0.15) is 43.4 Å². The summed E-state index contributed by atoms with van der Waals surface area (Å²) in [6.07, 6.45) is 1.76. The van der Waals surface area contributed by atoms with E-state index in [9.17, 15) is 4.79 Å². The standard InChI is InChI=1S/C12H21N3O2S/c1-4-7-10-11(12(16)17-5-2)13-14-15(10)8-9-18-6-3/h4-9H2,1-3H3. The highest BCUT2D eigenvalue weighted by molar-refractivity contribution is 7.99. The maximum Gasteiger partial charge on any atom is 0.360 e. The summed E-state index contributed by atoms with van der Waals surface area (Å²) in [5, 5.41) is 8.02. The number of aromatic nitrogens is 3. The van der Waals surface area contributed by atoms with Crippen molar-refractivity contribution in [2.75, 3.05) is 18.1 Å². The minimum atomic E-state index is -0.365. The Morgan fingerprint density at radius 3 is 2.78 bits per heavy atom. The number of thioether (sulfide) groups is 1. The summed E-state index contributed by atoms with van der Waals surface area (Å²) >= 11 is 1.85. The van der Waals surface area contributed by atoms with E-state index in [1.807, 2.05) is 16.4 Å². The number of esters is 1. The van der Waals surface area contributed by atoms with Crippen molar-refractivity contribution in [3.05, 3.63) is 11.4 Å². The number of hydrogen-bond donors (Lipinski definition) is 0. The van der Waals surface area contributed by atoms with Crippen LogP contribution in [0.3, 0.4) is 0 Å². The molecule has 18 heavy (non-hydrogen) atoms. The summed E-state index contributed by atoms with van der Waals surface area (Å²) < 4.78 is 6.83. The SMILES string of the molecule is CCCc1c(C(=O)OCC)nnn1CCSCC. The van der Waals surface area contributed by atoms with Gasteiger partial charge in [0.25, 0.3) is 0 Å². The van der Waals surface area contributed by atoms with E-state index >= 15 is 0 Å². The van der Waals surface area contributed by atoms with Crippen LogP contribution in [0.2, 0.25) is 0 Å². The lowest BCUT2D eigenvalue weighted by Gasteiger charge is -2.06. The van der Waals surface area contributed by atoms with Crippen molar-refractivity contribution in [3.63, 3.8) is 0 Å². The number of ether oxygens (including phenoxy) is 1. The molecule has 0 atom stereocenters. The normalized spacial score (nSPS) is 10.6. The van der Waals surface area contributed by atoms with Gasteiger partial charge in [0.15, 0.2) is 5.69 Å². The Morgan fingerprint density at radius 2 is 2.17 bits per heavy atom. The predicted octanol–water partition coefficient (Wildman–Crippen LogP) is 2.16. The van der Waals surface area contributed by atoms with Gasteiger partial charge in [-0.25, -0.2) is 9.48 Å². The first-order valence-electron chi connectivity index (χ1n) is 6.41. The van der Waals surface area contributed by atoms with Crippen LogP contribution in [0, 0.1) is 0 Å². The Labute approximate surface area is 112 Å². The molecule has 0 aliphatic heterocycles. The lowest BCUT2D eigenvalue weighted by Crippen LogP contribution is -2.12. The van der Waals surface area contributed by atoms with Gasteiger partial charge in [-0.15, -0.1) is 5.10 Å². The van der Waals surface area contributed by atoms with Crippen molar-refractivity contribution in [2.24, 2.45) is 0 Å². The van der Waals surface area contributed by atoms with Crippen LogP contribution in [0.5, 0.6) is 0 Å². The van der Waals surface area contributed by atoms with E-state index < -0.39 is 0 Å². The molecule has 1 heterocycles. The van der Waals surface area contributed by atoms with Crippen molar-refractivity contribution in [1.82, 2.24) is 15.0 Å². The monoisotopic (exact) mass is 271 g/mol. The van der Waals surface area contributed by atoms with Crippen LogP contribution in [-0.4, -0.2) is 39.1 Å². The van der Waals surface area contributed by atoms with Crippen molar-refractivity contribution in [3.8, 4) is 0 Å². The average molecular weight is 271 g/mol. The number of nitrogens with zero attached hydrogens (tertiary/aromatic N) is 3. The number of hydrogen-bond acceptors (Lipinski definition) is 5. The predicted molar refractivity (Wildman–Crippen MR) is 73.0 cm³/mol. The second kappa shape index (κ2) is 8.13. The van der Waals surface area contributed by atoms with E-state index in [4.69, 9.17) is 4.74 Å². The molecule has 0 amide bonds. The Balaban J connectivity index is 2.81. The van der Waals surface area contributed by atoms with Crippen molar-refractivity contribution in [1.29, 1.82) is 0 Å². The van der Waals surface area contributed by atoms with Gasteiger partial charge in [0, 0.05) is 5.75 Å². The molecule has 0 radical (unpaired) electrons. The smallest absolute Gasteiger partial charge is 0.360 e. The van der Waals surface area contributed by atoms with Gasteiger partial charge in [-0.3, -0.25) is 0 Å². The van der Waals surface area contributed by atoms with Gasteiger partial charge in [0.05, 0.1) is 18.8 Å². The van der Waals surface area contributed by atoms with E-state index in [-0.39, 0.29) is 5.97 Å². The molecule has 0 spiro atoms. The first kappa shape index (κ1) is 15.0. The molecule has 0 aromatic carbocycles. The zero-order valence-corrected chi connectivity index (χ0v) is 12.1.